The molecule has 3 rings (SSSR count). The van der Waals surface area contributed by atoms with Gasteiger partial charge in [0.2, 0.25) is 0 Å². The maximum atomic E-state index is 12.6. The molecule has 0 fully saturated rings. The number of ether oxygens (including phenoxy) is 2. The van der Waals surface area contributed by atoms with E-state index in [1.54, 1.807) is 30.3 Å². The molecule has 1 heterocycles. The van der Waals surface area contributed by atoms with Crippen LogP contribution in [-0.4, -0.2) is 25.6 Å². The molecule has 1 amide bonds. The lowest BCUT2D eigenvalue weighted by Crippen LogP contribution is -2.15. The minimum atomic E-state index is -0.395. The van der Waals surface area contributed by atoms with Crippen LogP contribution in [0.3, 0.4) is 0 Å². The highest BCUT2D eigenvalue weighted by molar-refractivity contribution is 7.17. The van der Waals surface area contributed by atoms with Gasteiger partial charge >= 0.3 is 5.97 Å². The number of anilines is 1. The lowest BCUT2D eigenvalue weighted by atomic mass is 9.95. The summed E-state index contributed by atoms with van der Waals surface area (Å²) in [5.74, 6) is 0.0141. The second-order valence-corrected chi connectivity index (χ2v) is 7.09. The van der Waals surface area contributed by atoms with Crippen molar-refractivity contribution in [3.63, 3.8) is 0 Å². The molecule has 6 heteroatoms. The lowest BCUT2D eigenvalue weighted by molar-refractivity contribution is 0.0601. The SMILES string of the molecule is C=CCOc1ccc(C(=O)Nc2sc3c(c2C(=O)OC)CCCC3)cc1. The van der Waals surface area contributed by atoms with Gasteiger partial charge in [-0.15, -0.1) is 11.3 Å². The van der Waals surface area contributed by atoms with Gasteiger partial charge in [-0.3, -0.25) is 4.79 Å². The number of benzene rings is 1. The number of amides is 1. The number of carbonyl (C=O) groups is 2. The predicted octanol–water partition coefficient (Wildman–Crippen LogP) is 4.23. The zero-order chi connectivity index (χ0) is 18.5. The second-order valence-electron chi connectivity index (χ2n) is 5.98. The summed E-state index contributed by atoms with van der Waals surface area (Å²) >= 11 is 1.47. The Morgan fingerprint density at radius 3 is 2.65 bits per heavy atom. The van der Waals surface area contributed by atoms with E-state index in [4.69, 9.17) is 9.47 Å². The van der Waals surface area contributed by atoms with Crippen LogP contribution < -0.4 is 10.1 Å². The molecule has 0 atom stereocenters. The number of hydrogen-bond donors (Lipinski definition) is 1. The molecule has 1 aliphatic rings. The number of esters is 1. The van der Waals surface area contributed by atoms with Crippen LogP contribution >= 0.6 is 11.3 Å². The molecule has 1 aliphatic carbocycles. The van der Waals surface area contributed by atoms with Gasteiger partial charge in [0.15, 0.2) is 0 Å². The fourth-order valence-corrected chi connectivity index (χ4v) is 4.28. The smallest absolute Gasteiger partial charge is 0.341 e. The zero-order valence-electron chi connectivity index (χ0n) is 14.7. The van der Waals surface area contributed by atoms with E-state index in [9.17, 15) is 9.59 Å². The van der Waals surface area contributed by atoms with Crippen LogP contribution in [0.5, 0.6) is 5.75 Å². The molecule has 0 saturated heterocycles. The van der Waals surface area contributed by atoms with Gasteiger partial charge in [-0.1, -0.05) is 12.7 Å². The quantitative estimate of drug-likeness (QED) is 0.610. The maximum Gasteiger partial charge on any atom is 0.341 e. The lowest BCUT2D eigenvalue weighted by Gasteiger charge is -2.11. The van der Waals surface area contributed by atoms with Crippen molar-refractivity contribution in [2.24, 2.45) is 0 Å². The van der Waals surface area contributed by atoms with Crippen molar-refractivity contribution in [1.82, 2.24) is 0 Å². The number of thiophene rings is 1. The zero-order valence-corrected chi connectivity index (χ0v) is 15.5. The Morgan fingerprint density at radius 2 is 1.96 bits per heavy atom. The highest BCUT2D eigenvalue weighted by Gasteiger charge is 2.27. The summed E-state index contributed by atoms with van der Waals surface area (Å²) in [6, 6.07) is 6.86. The van der Waals surface area contributed by atoms with Crippen molar-refractivity contribution in [2.45, 2.75) is 25.7 Å². The Bertz CT molecular complexity index is 823. The molecule has 0 bridgehead atoms. The number of rotatable bonds is 6. The third-order valence-electron chi connectivity index (χ3n) is 4.27. The molecule has 1 N–H and O–H groups in total. The molecule has 26 heavy (non-hydrogen) atoms. The first-order chi connectivity index (χ1) is 12.6. The van der Waals surface area contributed by atoms with Gasteiger partial charge in [0, 0.05) is 10.4 Å². The molecule has 5 nitrogen and oxygen atoms in total. The number of aryl methyl sites for hydroxylation is 1. The first kappa shape index (κ1) is 18.2. The summed E-state index contributed by atoms with van der Waals surface area (Å²) in [5.41, 5.74) is 2.03. The molecule has 0 unspecified atom stereocenters. The van der Waals surface area contributed by atoms with E-state index < -0.39 is 5.97 Å². The summed E-state index contributed by atoms with van der Waals surface area (Å²) < 4.78 is 10.4. The summed E-state index contributed by atoms with van der Waals surface area (Å²) in [7, 11) is 1.36. The fourth-order valence-electron chi connectivity index (χ4n) is 3.00. The van der Waals surface area contributed by atoms with E-state index >= 15 is 0 Å². The topological polar surface area (TPSA) is 64.6 Å². The predicted molar refractivity (Wildman–Crippen MR) is 102 cm³/mol. The highest BCUT2D eigenvalue weighted by Crippen LogP contribution is 2.38. The first-order valence-corrected chi connectivity index (χ1v) is 9.33. The summed E-state index contributed by atoms with van der Waals surface area (Å²) in [5, 5.41) is 3.45. The van der Waals surface area contributed by atoms with Crippen molar-refractivity contribution in [3.05, 3.63) is 58.5 Å². The van der Waals surface area contributed by atoms with Crippen molar-refractivity contribution >= 4 is 28.2 Å². The van der Waals surface area contributed by atoms with Crippen molar-refractivity contribution < 1.29 is 19.1 Å². The number of fused-ring (bicyclic) bond motifs is 1. The Hall–Kier alpha value is -2.60. The average Bonchev–Trinajstić information content (AvgIpc) is 3.03. The maximum absolute atomic E-state index is 12.6. The molecular formula is C20H21NO4S. The fraction of sp³-hybridized carbons (Fsp3) is 0.300. The molecule has 0 aliphatic heterocycles. The highest BCUT2D eigenvalue weighted by atomic mass is 32.1. The Morgan fingerprint density at radius 1 is 1.23 bits per heavy atom. The van der Waals surface area contributed by atoms with Gasteiger partial charge in [0.1, 0.15) is 17.4 Å². The van der Waals surface area contributed by atoms with Crippen LogP contribution in [0.2, 0.25) is 0 Å². The third-order valence-corrected chi connectivity index (χ3v) is 5.48. The number of carbonyl (C=O) groups excluding carboxylic acids is 2. The van der Waals surface area contributed by atoms with Crippen molar-refractivity contribution in [2.75, 3.05) is 19.0 Å². The van der Waals surface area contributed by atoms with E-state index in [-0.39, 0.29) is 5.91 Å². The molecule has 2 aromatic rings. The second kappa shape index (κ2) is 8.19. The normalized spacial score (nSPS) is 12.8. The molecule has 0 saturated carbocycles. The van der Waals surface area contributed by atoms with Crippen LogP contribution in [0.1, 0.15) is 44.0 Å². The van der Waals surface area contributed by atoms with Crippen LogP contribution in [-0.2, 0) is 17.6 Å². The monoisotopic (exact) mass is 371 g/mol. The minimum Gasteiger partial charge on any atom is -0.490 e. The van der Waals surface area contributed by atoms with Crippen molar-refractivity contribution in [3.8, 4) is 5.75 Å². The van der Waals surface area contributed by atoms with E-state index in [1.807, 2.05) is 0 Å². The van der Waals surface area contributed by atoms with Crippen LogP contribution in [0.25, 0.3) is 0 Å². The Balaban J connectivity index is 1.81. The molecule has 136 valence electrons. The number of nitrogens with one attached hydrogen (secondary N) is 1. The van der Waals surface area contributed by atoms with E-state index in [0.29, 0.717) is 28.5 Å². The number of methoxy groups -OCH3 is 1. The molecule has 0 radical (unpaired) electrons. The van der Waals surface area contributed by atoms with E-state index in [0.717, 1.165) is 31.2 Å². The van der Waals surface area contributed by atoms with Crippen molar-refractivity contribution in [1.29, 1.82) is 0 Å². The van der Waals surface area contributed by atoms with E-state index in [1.165, 1.54) is 23.3 Å². The van der Waals surface area contributed by atoms with Gasteiger partial charge in [0.25, 0.3) is 5.91 Å². The molecular weight excluding hydrogens is 350 g/mol. The van der Waals surface area contributed by atoms with Gasteiger partial charge in [-0.25, -0.2) is 4.79 Å². The largest absolute Gasteiger partial charge is 0.490 e. The van der Waals surface area contributed by atoms with Crippen LogP contribution in [0.15, 0.2) is 36.9 Å². The molecule has 1 aromatic heterocycles. The Kier molecular flexibility index (Phi) is 5.73. The van der Waals surface area contributed by atoms with Gasteiger partial charge < -0.3 is 14.8 Å². The van der Waals surface area contributed by atoms with Gasteiger partial charge in [-0.05, 0) is 55.5 Å². The molecule has 1 aromatic carbocycles. The van der Waals surface area contributed by atoms with Gasteiger partial charge in [-0.2, -0.15) is 0 Å². The Labute approximate surface area is 156 Å². The third kappa shape index (κ3) is 3.80. The van der Waals surface area contributed by atoms with E-state index in [2.05, 4.69) is 11.9 Å². The van der Waals surface area contributed by atoms with Crippen LogP contribution in [0, 0.1) is 0 Å². The summed E-state index contributed by atoms with van der Waals surface area (Å²) in [6.45, 7) is 4.01. The minimum absolute atomic E-state index is 0.260. The number of hydrogen-bond acceptors (Lipinski definition) is 5. The summed E-state index contributed by atoms with van der Waals surface area (Å²) in [4.78, 5) is 26.0. The average molecular weight is 371 g/mol. The standard InChI is InChI=1S/C20H21NO4S/c1-3-12-25-14-10-8-13(9-11-14)18(22)21-19-17(20(23)24-2)15-6-4-5-7-16(15)26-19/h3,8-11H,1,4-7,12H2,2H3,(H,21,22). The van der Waals surface area contributed by atoms with Gasteiger partial charge in [0.05, 0.1) is 12.7 Å². The molecule has 0 spiro atoms. The first-order valence-electron chi connectivity index (χ1n) is 8.52. The van der Waals surface area contributed by atoms with Crippen LogP contribution in [0.4, 0.5) is 5.00 Å². The summed E-state index contributed by atoms with van der Waals surface area (Å²) in [6.07, 6.45) is 5.60.